The van der Waals surface area contributed by atoms with Crippen LogP contribution in [0.5, 0.6) is 0 Å². The summed E-state index contributed by atoms with van der Waals surface area (Å²) < 4.78 is 4.89. The van der Waals surface area contributed by atoms with Crippen LogP contribution < -0.4 is 5.32 Å². The molecule has 0 aliphatic carbocycles. The maximum atomic E-state index is 10.6. The highest BCUT2D eigenvalue weighted by Crippen LogP contribution is 2.21. The average molecular weight is 210 g/mol. The second-order valence-corrected chi connectivity index (χ2v) is 3.18. The predicted molar refractivity (Wildman–Crippen MR) is 58.2 cm³/mol. The molecule has 0 heterocycles. The van der Waals surface area contributed by atoms with Gasteiger partial charge in [0, 0.05) is 31.0 Å². The standard InChI is InChI=1S/C10H14N2O3/c1-8-7-9(11-5-6-15-2)3-4-10(8)12(13)14/h3-4,7,11H,5-6H2,1-2H3. The van der Waals surface area contributed by atoms with Crippen LogP contribution in [0.2, 0.25) is 0 Å². The van der Waals surface area contributed by atoms with E-state index in [0.717, 1.165) is 5.69 Å². The topological polar surface area (TPSA) is 64.4 Å². The molecule has 0 saturated carbocycles. The molecule has 0 unspecified atom stereocenters. The van der Waals surface area contributed by atoms with Crippen molar-refractivity contribution in [3.8, 4) is 0 Å². The van der Waals surface area contributed by atoms with Gasteiger partial charge in [-0.3, -0.25) is 10.1 Å². The Morgan fingerprint density at radius 3 is 2.80 bits per heavy atom. The fourth-order valence-corrected chi connectivity index (χ4v) is 1.27. The van der Waals surface area contributed by atoms with Crippen LogP contribution in [0.25, 0.3) is 0 Å². The second kappa shape index (κ2) is 5.31. The quantitative estimate of drug-likeness (QED) is 0.458. The molecule has 0 saturated heterocycles. The highest BCUT2D eigenvalue weighted by Gasteiger charge is 2.09. The molecule has 0 aromatic heterocycles. The number of nitro benzene ring substituents is 1. The molecule has 15 heavy (non-hydrogen) atoms. The first-order chi connectivity index (χ1) is 7.15. The normalized spacial score (nSPS) is 10.0. The average Bonchev–Trinajstić information content (AvgIpc) is 2.17. The molecule has 5 heteroatoms. The van der Waals surface area contributed by atoms with Crippen molar-refractivity contribution in [2.45, 2.75) is 6.92 Å². The summed E-state index contributed by atoms with van der Waals surface area (Å²) in [6, 6.07) is 4.96. The molecule has 0 spiro atoms. The Labute approximate surface area is 88.2 Å². The number of methoxy groups -OCH3 is 1. The summed E-state index contributed by atoms with van der Waals surface area (Å²) >= 11 is 0. The SMILES string of the molecule is COCCNc1ccc([N+](=O)[O-])c(C)c1. The minimum atomic E-state index is -0.381. The molecule has 0 atom stereocenters. The van der Waals surface area contributed by atoms with Gasteiger partial charge in [0.05, 0.1) is 11.5 Å². The summed E-state index contributed by atoms with van der Waals surface area (Å²) in [5.41, 5.74) is 1.67. The predicted octanol–water partition coefficient (Wildman–Crippen LogP) is 1.96. The van der Waals surface area contributed by atoms with Gasteiger partial charge in [-0.05, 0) is 19.1 Å². The Morgan fingerprint density at radius 1 is 1.53 bits per heavy atom. The van der Waals surface area contributed by atoms with E-state index < -0.39 is 0 Å². The lowest BCUT2D eigenvalue weighted by molar-refractivity contribution is -0.385. The summed E-state index contributed by atoms with van der Waals surface area (Å²) in [5, 5.41) is 13.7. The number of aryl methyl sites for hydroxylation is 1. The second-order valence-electron chi connectivity index (χ2n) is 3.18. The van der Waals surface area contributed by atoms with Crippen LogP contribution in [-0.2, 0) is 4.74 Å². The lowest BCUT2D eigenvalue weighted by Crippen LogP contribution is -2.07. The molecule has 5 nitrogen and oxygen atoms in total. The van der Waals surface area contributed by atoms with Gasteiger partial charge in [-0.1, -0.05) is 0 Å². The molecule has 0 amide bonds. The number of benzene rings is 1. The van der Waals surface area contributed by atoms with E-state index in [1.807, 2.05) is 0 Å². The summed E-state index contributed by atoms with van der Waals surface area (Å²) in [7, 11) is 1.63. The van der Waals surface area contributed by atoms with Crippen LogP contribution in [0.15, 0.2) is 18.2 Å². The van der Waals surface area contributed by atoms with Gasteiger partial charge in [-0.15, -0.1) is 0 Å². The van der Waals surface area contributed by atoms with Crippen LogP contribution in [0, 0.1) is 17.0 Å². The molecule has 0 fully saturated rings. The number of nitro groups is 1. The number of hydrogen-bond donors (Lipinski definition) is 1. The summed E-state index contributed by atoms with van der Waals surface area (Å²) in [4.78, 5) is 10.2. The monoisotopic (exact) mass is 210 g/mol. The van der Waals surface area contributed by atoms with Crippen molar-refractivity contribution in [3.05, 3.63) is 33.9 Å². The van der Waals surface area contributed by atoms with E-state index in [2.05, 4.69) is 5.32 Å². The molecule has 0 aliphatic heterocycles. The number of rotatable bonds is 5. The Balaban J connectivity index is 2.69. The smallest absolute Gasteiger partial charge is 0.272 e. The van der Waals surface area contributed by atoms with Crippen molar-refractivity contribution in [3.63, 3.8) is 0 Å². The molecule has 0 radical (unpaired) electrons. The van der Waals surface area contributed by atoms with Gasteiger partial charge in [-0.25, -0.2) is 0 Å². The van der Waals surface area contributed by atoms with Gasteiger partial charge in [0.25, 0.3) is 5.69 Å². The van der Waals surface area contributed by atoms with Crippen LogP contribution in [-0.4, -0.2) is 25.2 Å². The van der Waals surface area contributed by atoms with Crippen molar-refractivity contribution >= 4 is 11.4 Å². The zero-order valence-electron chi connectivity index (χ0n) is 8.82. The van der Waals surface area contributed by atoms with Crippen molar-refractivity contribution in [2.75, 3.05) is 25.6 Å². The van der Waals surface area contributed by atoms with Gasteiger partial charge in [0.15, 0.2) is 0 Å². The highest BCUT2D eigenvalue weighted by atomic mass is 16.6. The number of anilines is 1. The van der Waals surface area contributed by atoms with E-state index >= 15 is 0 Å². The fourth-order valence-electron chi connectivity index (χ4n) is 1.27. The molecule has 1 N–H and O–H groups in total. The molecule has 1 rings (SSSR count). The van der Waals surface area contributed by atoms with Gasteiger partial charge < -0.3 is 10.1 Å². The van der Waals surface area contributed by atoms with E-state index in [1.165, 1.54) is 6.07 Å². The Kier molecular flexibility index (Phi) is 4.05. The van der Waals surface area contributed by atoms with Gasteiger partial charge in [0.1, 0.15) is 0 Å². The van der Waals surface area contributed by atoms with E-state index in [0.29, 0.717) is 18.7 Å². The van der Waals surface area contributed by atoms with Gasteiger partial charge >= 0.3 is 0 Å². The maximum absolute atomic E-state index is 10.6. The van der Waals surface area contributed by atoms with Crippen molar-refractivity contribution < 1.29 is 9.66 Å². The molecule has 1 aromatic carbocycles. The largest absolute Gasteiger partial charge is 0.383 e. The first kappa shape index (κ1) is 11.5. The summed E-state index contributed by atoms with van der Waals surface area (Å²) in [6.07, 6.45) is 0. The van der Waals surface area contributed by atoms with Crippen LogP contribution >= 0.6 is 0 Å². The zero-order valence-corrected chi connectivity index (χ0v) is 8.82. The third kappa shape index (κ3) is 3.21. The van der Waals surface area contributed by atoms with E-state index in [4.69, 9.17) is 4.74 Å². The lowest BCUT2D eigenvalue weighted by atomic mass is 10.2. The third-order valence-corrected chi connectivity index (χ3v) is 2.03. The first-order valence-corrected chi connectivity index (χ1v) is 4.63. The molecular weight excluding hydrogens is 196 g/mol. The van der Waals surface area contributed by atoms with Crippen molar-refractivity contribution in [1.29, 1.82) is 0 Å². The van der Waals surface area contributed by atoms with Gasteiger partial charge in [0.2, 0.25) is 0 Å². The first-order valence-electron chi connectivity index (χ1n) is 4.63. The molecule has 1 aromatic rings. The van der Waals surface area contributed by atoms with E-state index in [1.54, 1.807) is 26.2 Å². The number of nitrogens with zero attached hydrogens (tertiary/aromatic N) is 1. The molecule has 82 valence electrons. The summed E-state index contributed by atoms with van der Waals surface area (Å²) in [5.74, 6) is 0. The van der Waals surface area contributed by atoms with E-state index in [9.17, 15) is 10.1 Å². The highest BCUT2D eigenvalue weighted by molar-refractivity contribution is 5.53. The Morgan fingerprint density at radius 2 is 2.27 bits per heavy atom. The zero-order chi connectivity index (χ0) is 11.3. The Bertz CT molecular complexity index is 353. The lowest BCUT2D eigenvalue weighted by Gasteiger charge is -2.06. The minimum absolute atomic E-state index is 0.146. The van der Waals surface area contributed by atoms with Crippen LogP contribution in [0.4, 0.5) is 11.4 Å². The van der Waals surface area contributed by atoms with Crippen LogP contribution in [0.3, 0.4) is 0 Å². The van der Waals surface area contributed by atoms with Gasteiger partial charge in [-0.2, -0.15) is 0 Å². The molecule has 0 bridgehead atoms. The molecule has 0 aliphatic rings. The maximum Gasteiger partial charge on any atom is 0.272 e. The van der Waals surface area contributed by atoms with Crippen molar-refractivity contribution in [1.82, 2.24) is 0 Å². The van der Waals surface area contributed by atoms with Crippen LogP contribution in [0.1, 0.15) is 5.56 Å². The van der Waals surface area contributed by atoms with Crippen molar-refractivity contribution in [2.24, 2.45) is 0 Å². The number of nitrogens with one attached hydrogen (secondary N) is 1. The minimum Gasteiger partial charge on any atom is -0.383 e. The third-order valence-electron chi connectivity index (χ3n) is 2.03. The fraction of sp³-hybridized carbons (Fsp3) is 0.400. The molecular formula is C10H14N2O3. The van der Waals surface area contributed by atoms with E-state index in [-0.39, 0.29) is 10.6 Å². The number of hydrogen-bond acceptors (Lipinski definition) is 4. The number of ether oxygens (including phenoxy) is 1. The summed E-state index contributed by atoms with van der Waals surface area (Å²) in [6.45, 7) is 3.02. The Hall–Kier alpha value is -1.62.